The number of sulfonamides is 1. The zero-order valence-electron chi connectivity index (χ0n) is 25.2. The van der Waals surface area contributed by atoms with Gasteiger partial charge in [-0.05, 0) is 67.5 Å². The number of amides is 2. The molecule has 0 bridgehead atoms. The number of nitrogens with one attached hydrogen (secondary N) is 1. The van der Waals surface area contributed by atoms with E-state index < -0.39 is 28.5 Å². The molecule has 1 aliphatic carbocycles. The van der Waals surface area contributed by atoms with E-state index in [9.17, 15) is 18.0 Å². The Balaban J connectivity index is 1.75. The van der Waals surface area contributed by atoms with Crippen molar-refractivity contribution in [2.24, 2.45) is 0 Å². The van der Waals surface area contributed by atoms with E-state index >= 15 is 0 Å². The van der Waals surface area contributed by atoms with E-state index in [0.717, 1.165) is 66.2 Å². The maximum Gasteiger partial charge on any atom is 0.244 e. The molecule has 0 saturated heterocycles. The number of rotatable bonds is 11. The molecule has 1 N–H and O–H groups in total. The lowest BCUT2D eigenvalue weighted by molar-refractivity contribution is -0.140. The average molecular weight is 590 g/mol. The van der Waals surface area contributed by atoms with Gasteiger partial charge in [0, 0.05) is 19.0 Å². The Bertz CT molecular complexity index is 1480. The molecule has 42 heavy (non-hydrogen) atoms. The first-order chi connectivity index (χ1) is 20.0. The van der Waals surface area contributed by atoms with E-state index in [1.165, 1.54) is 4.31 Å². The molecule has 3 aromatic carbocycles. The Morgan fingerprint density at radius 2 is 1.55 bits per heavy atom. The molecule has 1 aliphatic rings. The van der Waals surface area contributed by atoms with Gasteiger partial charge in [0.15, 0.2) is 0 Å². The molecule has 0 spiro atoms. The van der Waals surface area contributed by atoms with Crippen molar-refractivity contribution in [3.63, 3.8) is 0 Å². The van der Waals surface area contributed by atoms with Gasteiger partial charge in [0.25, 0.3) is 0 Å². The molecule has 2 amide bonds. The summed E-state index contributed by atoms with van der Waals surface area (Å²) in [6.07, 6.45) is 6.58. The van der Waals surface area contributed by atoms with E-state index in [1.54, 1.807) is 11.0 Å². The second-order valence-electron chi connectivity index (χ2n) is 11.6. The summed E-state index contributed by atoms with van der Waals surface area (Å²) in [5, 5.41) is 3.24. The van der Waals surface area contributed by atoms with Crippen molar-refractivity contribution in [1.82, 2.24) is 10.2 Å². The maximum absolute atomic E-state index is 14.4. The first-order valence-electron chi connectivity index (χ1n) is 14.8. The zero-order valence-corrected chi connectivity index (χ0v) is 26.0. The van der Waals surface area contributed by atoms with Crippen molar-refractivity contribution in [3.05, 3.63) is 101 Å². The van der Waals surface area contributed by atoms with E-state index in [0.29, 0.717) is 12.1 Å². The number of benzene rings is 3. The van der Waals surface area contributed by atoms with Gasteiger partial charge in [0.05, 0.1) is 11.9 Å². The molecule has 224 valence electrons. The third-order valence-electron chi connectivity index (χ3n) is 8.14. The van der Waals surface area contributed by atoms with Gasteiger partial charge in [-0.15, -0.1) is 0 Å². The third-order valence-corrected chi connectivity index (χ3v) is 9.26. The van der Waals surface area contributed by atoms with Crippen LogP contribution in [0.3, 0.4) is 0 Å². The lowest BCUT2D eigenvalue weighted by atomic mass is 9.94. The van der Waals surface area contributed by atoms with Crippen LogP contribution in [0.5, 0.6) is 0 Å². The molecule has 8 heteroatoms. The van der Waals surface area contributed by atoms with Crippen molar-refractivity contribution < 1.29 is 18.0 Å². The topological polar surface area (TPSA) is 86.8 Å². The van der Waals surface area contributed by atoms with Crippen LogP contribution >= 0.6 is 0 Å². The van der Waals surface area contributed by atoms with Crippen LogP contribution in [0, 0.1) is 20.8 Å². The highest BCUT2D eigenvalue weighted by molar-refractivity contribution is 7.92. The van der Waals surface area contributed by atoms with Gasteiger partial charge in [0.1, 0.15) is 12.6 Å². The minimum absolute atomic E-state index is 0.0717. The highest BCUT2D eigenvalue weighted by atomic mass is 32.2. The van der Waals surface area contributed by atoms with E-state index in [1.807, 2.05) is 87.5 Å². The second-order valence-corrected chi connectivity index (χ2v) is 13.5. The van der Waals surface area contributed by atoms with Crippen molar-refractivity contribution in [2.45, 2.75) is 77.9 Å². The molecule has 0 aromatic heterocycles. The van der Waals surface area contributed by atoms with Gasteiger partial charge in [-0.1, -0.05) is 86.0 Å². The number of nitrogens with zero attached hydrogens (tertiary/aromatic N) is 2. The molecular formula is C34H43N3O4S. The molecule has 0 unspecified atom stereocenters. The monoisotopic (exact) mass is 589 g/mol. The Hall–Kier alpha value is -3.65. The lowest BCUT2D eigenvalue weighted by Gasteiger charge is -2.35. The van der Waals surface area contributed by atoms with Crippen molar-refractivity contribution in [1.29, 1.82) is 0 Å². The Morgan fingerprint density at radius 3 is 2.21 bits per heavy atom. The van der Waals surface area contributed by atoms with Crippen LogP contribution in [0.1, 0.15) is 59.9 Å². The highest BCUT2D eigenvalue weighted by Gasteiger charge is 2.34. The fourth-order valence-electron chi connectivity index (χ4n) is 5.65. The number of carbonyl (C=O) groups excluding carboxylic acids is 2. The molecule has 3 aromatic rings. The third kappa shape index (κ3) is 8.22. The molecular weight excluding hydrogens is 546 g/mol. The largest absolute Gasteiger partial charge is 0.352 e. The normalized spacial score (nSPS) is 14.7. The average Bonchev–Trinajstić information content (AvgIpc) is 2.96. The number of anilines is 1. The zero-order chi connectivity index (χ0) is 30.3. The van der Waals surface area contributed by atoms with Crippen LogP contribution in [-0.2, 0) is 32.6 Å². The van der Waals surface area contributed by atoms with E-state index in [-0.39, 0.29) is 18.5 Å². The first-order valence-corrected chi connectivity index (χ1v) is 16.6. The molecule has 0 aliphatic heterocycles. The predicted molar refractivity (Wildman–Crippen MR) is 169 cm³/mol. The smallest absolute Gasteiger partial charge is 0.244 e. The van der Waals surface area contributed by atoms with Crippen LogP contribution in [0.25, 0.3) is 0 Å². The second kappa shape index (κ2) is 14.0. The standard InChI is InChI=1S/C34H43N3O4S/c1-25-19-20-27(3)31(21-25)37(42(4,40)41)24-33(38)36(23-29-16-12-11-13-26(29)2)32(22-28-14-7-5-8-15-28)34(39)35-30-17-9-6-10-18-30/h5,7-8,11-16,19-21,30,32H,6,9-10,17-18,22-24H2,1-4H3,(H,35,39)/t32-/m0/s1. The summed E-state index contributed by atoms with van der Waals surface area (Å²) in [5.41, 5.74) is 4.94. The molecule has 1 atom stereocenters. The van der Waals surface area contributed by atoms with Gasteiger partial charge in [-0.2, -0.15) is 0 Å². The summed E-state index contributed by atoms with van der Waals surface area (Å²) in [7, 11) is -3.81. The quantitative estimate of drug-likeness (QED) is 0.322. The fraction of sp³-hybridized carbons (Fsp3) is 0.412. The molecule has 1 saturated carbocycles. The summed E-state index contributed by atoms with van der Waals surface area (Å²) in [6, 6.07) is 22.3. The van der Waals surface area contributed by atoms with Crippen LogP contribution in [-0.4, -0.2) is 50.0 Å². The molecule has 1 fully saturated rings. The van der Waals surface area contributed by atoms with Gasteiger partial charge in [0.2, 0.25) is 21.8 Å². The van der Waals surface area contributed by atoms with Gasteiger partial charge < -0.3 is 10.2 Å². The van der Waals surface area contributed by atoms with Crippen LogP contribution < -0.4 is 9.62 Å². The van der Waals surface area contributed by atoms with Gasteiger partial charge in [-0.25, -0.2) is 8.42 Å². The summed E-state index contributed by atoms with van der Waals surface area (Å²) >= 11 is 0. The summed E-state index contributed by atoms with van der Waals surface area (Å²) in [5.74, 6) is -0.630. The minimum Gasteiger partial charge on any atom is -0.352 e. The van der Waals surface area contributed by atoms with Crippen LogP contribution in [0.4, 0.5) is 5.69 Å². The fourth-order valence-corrected chi connectivity index (χ4v) is 6.55. The molecule has 7 nitrogen and oxygen atoms in total. The first kappa shape index (κ1) is 31.3. The Kier molecular flexibility index (Phi) is 10.4. The summed E-state index contributed by atoms with van der Waals surface area (Å²) in [6.45, 7) is 5.48. The predicted octanol–water partition coefficient (Wildman–Crippen LogP) is 5.47. The molecule has 4 rings (SSSR count). The number of carbonyl (C=O) groups is 2. The number of aryl methyl sites for hydroxylation is 3. The van der Waals surface area contributed by atoms with E-state index in [2.05, 4.69) is 5.32 Å². The number of hydrogen-bond donors (Lipinski definition) is 1. The van der Waals surface area contributed by atoms with Crippen LogP contribution in [0.2, 0.25) is 0 Å². The molecule has 0 heterocycles. The van der Waals surface area contributed by atoms with E-state index in [4.69, 9.17) is 0 Å². The summed E-state index contributed by atoms with van der Waals surface area (Å²) in [4.78, 5) is 30.0. The van der Waals surface area contributed by atoms with Gasteiger partial charge in [-0.3, -0.25) is 13.9 Å². The minimum atomic E-state index is -3.81. The van der Waals surface area contributed by atoms with Crippen LogP contribution in [0.15, 0.2) is 72.8 Å². The van der Waals surface area contributed by atoms with Crippen molar-refractivity contribution in [2.75, 3.05) is 17.1 Å². The lowest BCUT2D eigenvalue weighted by Crippen LogP contribution is -2.55. The Morgan fingerprint density at radius 1 is 0.881 bits per heavy atom. The van der Waals surface area contributed by atoms with Gasteiger partial charge >= 0.3 is 0 Å². The Labute approximate surface area is 251 Å². The SMILES string of the molecule is Cc1ccc(C)c(N(CC(=O)N(Cc2ccccc2C)[C@@H](Cc2ccccc2)C(=O)NC2CCCCC2)S(C)(=O)=O)c1. The maximum atomic E-state index is 14.4. The highest BCUT2D eigenvalue weighted by Crippen LogP contribution is 2.26. The van der Waals surface area contributed by atoms with Crippen molar-refractivity contribution >= 4 is 27.5 Å². The summed E-state index contributed by atoms with van der Waals surface area (Å²) < 4.78 is 27.4. The number of hydrogen-bond acceptors (Lipinski definition) is 4. The van der Waals surface area contributed by atoms with Crippen molar-refractivity contribution in [3.8, 4) is 0 Å². The molecule has 0 radical (unpaired) electrons.